The van der Waals surface area contributed by atoms with E-state index in [1.54, 1.807) is 30.3 Å². The van der Waals surface area contributed by atoms with Crippen molar-refractivity contribution in [1.82, 2.24) is 0 Å². The Labute approximate surface area is 176 Å². The van der Waals surface area contributed by atoms with E-state index in [2.05, 4.69) is 5.32 Å². The zero-order valence-electron chi connectivity index (χ0n) is 14.9. The van der Waals surface area contributed by atoms with E-state index in [-0.39, 0.29) is 16.3 Å². The van der Waals surface area contributed by atoms with Gasteiger partial charge >= 0.3 is 0 Å². The van der Waals surface area contributed by atoms with E-state index < -0.39 is 17.6 Å². The summed E-state index contributed by atoms with van der Waals surface area (Å²) in [5, 5.41) is 3.21. The number of rotatable bonds is 5. The maximum Gasteiger partial charge on any atom is 0.283 e. The predicted octanol–water partition coefficient (Wildman–Crippen LogP) is 5.47. The van der Waals surface area contributed by atoms with Crippen LogP contribution in [0.5, 0.6) is 0 Å². The molecule has 0 fully saturated rings. The largest absolute Gasteiger partial charge is 0.348 e. The Bertz CT molecular complexity index is 1130. The molecule has 4 rings (SSSR count). The van der Waals surface area contributed by atoms with Gasteiger partial charge < -0.3 is 5.32 Å². The SMILES string of the molecule is O=C1C(Nc2ccccc2F)=C(Sc2ccccc2)C(=O)N1c1cccc(Cl)c1. The molecule has 1 aliphatic heterocycles. The van der Waals surface area contributed by atoms with Crippen molar-refractivity contribution in [2.45, 2.75) is 4.90 Å². The van der Waals surface area contributed by atoms with Gasteiger partial charge in [0.2, 0.25) is 0 Å². The van der Waals surface area contributed by atoms with Gasteiger partial charge in [-0.15, -0.1) is 0 Å². The number of amides is 2. The first kappa shape index (κ1) is 19.2. The summed E-state index contributed by atoms with van der Waals surface area (Å²) < 4.78 is 14.2. The van der Waals surface area contributed by atoms with E-state index in [9.17, 15) is 14.0 Å². The van der Waals surface area contributed by atoms with Gasteiger partial charge in [0.15, 0.2) is 0 Å². The molecule has 1 aliphatic rings. The van der Waals surface area contributed by atoms with Gasteiger partial charge in [0.1, 0.15) is 16.4 Å². The summed E-state index contributed by atoms with van der Waals surface area (Å²) in [4.78, 5) is 28.3. The molecular formula is C22H14ClFN2O2S. The van der Waals surface area contributed by atoms with Crippen molar-refractivity contribution < 1.29 is 14.0 Å². The zero-order valence-corrected chi connectivity index (χ0v) is 16.5. The van der Waals surface area contributed by atoms with Crippen LogP contribution < -0.4 is 10.2 Å². The first-order chi connectivity index (χ1) is 14.0. The van der Waals surface area contributed by atoms with Crippen LogP contribution in [0.3, 0.4) is 0 Å². The number of hydrogen-bond donors (Lipinski definition) is 1. The van der Waals surface area contributed by atoms with Gasteiger partial charge in [-0.2, -0.15) is 0 Å². The van der Waals surface area contributed by atoms with Crippen molar-refractivity contribution in [2.24, 2.45) is 0 Å². The van der Waals surface area contributed by atoms with Gasteiger partial charge in [0, 0.05) is 9.92 Å². The number of nitrogens with zero attached hydrogens (tertiary/aromatic N) is 1. The number of halogens is 2. The van der Waals surface area contributed by atoms with Gasteiger partial charge in [0.25, 0.3) is 11.8 Å². The molecule has 0 aliphatic carbocycles. The summed E-state index contributed by atoms with van der Waals surface area (Å²) >= 11 is 7.19. The van der Waals surface area contributed by atoms with E-state index >= 15 is 0 Å². The Morgan fingerprint density at radius 2 is 1.59 bits per heavy atom. The minimum Gasteiger partial charge on any atom is -0.348 e. The standard InChI is InChI=1S/C22H14ClFN2O2S/c23-14-7-6-8-15(13-14)26-21(27)19(25-18-12-5-4-11-17(18)24)20(22(26)28)29-16-9-2-1-3-10-16/h1-13,25H. The van der Waals surface area contributed by atoms with E-state index in [1.807, 2.05) is 30.3 Å². The fourth-order valence-corrected chi connectivity index (χ4v) is 4.00. The van der Waals surface area contributed by atoms with Crippen LogP contribution in [0.1, 0.15) is 0 Å². The van der Waals surface area contributed by atoms with Crippen molar-refractivity contribution >= 4 is 46.6 Å². The van der Waals surface area contributed by atoms with Crippen molar-refractivity contribution in [1.29, 1.82) is 0 Å². The first-order valence-electron chi connectivity index (χ1n) is 8.67. The summed E-state index contributed by atoms with van der Waals surface area (Å²) in [5.74, 6) is -1.59. The number of hydrogen-bond acceptors (Lipinski definition) is 4. The molecule has 1 heterocycles. The Kier molecular flexibility index (Phi) is 5.38. The molecule has 0 aromatic heterocycles. The summed E-state index contributed by atoms with van der Waals surface area (Å²) in [5.41, 5.74) is 0.487. The summed E-state index contributed by atoms with van der Waals surface area (Å²) in [6, 6.07) is 21.6. The minimum atomic E-state index is -0.570. The molecule has 0 spiro atoms. The maximum atomic E-state index is 14.2. The molecule has 0 unspecified atom stereocenters. The van der Waals surface area contributed by atoms with E-state index in [0.29, 0.717) is 10.7 Å². The highest BCUT2D eigenvalue weighted by molar-refractivity contribution is 8.04. The Hall–Kier alpha value is -3.09. The lowest BCUT2D eigenvalue weighted by atomic mass is 10.2. The molecule has 3 aromatic carbocycles. The van der Waals surface area contributed by atoms with Crippen LogP contribution in [-0.4, -0.2) is 11.8 Å². The monoisotopic (exact) mass is 424 g/mol. The topological polar surface area (TPSA) is 49.4 Å². The van der Waals surface area contributed by atoms with Crippen molar-refractivity contribution in [3.05, 3.63) is 100 Å². The van der Waals surface area contributed by atoms with Crippen LogP contribution in [0, 0.1) is 5.82 Å². The van der Waals surface area contributed by atoms with Crippen LogP contribution >= 0.6 is 23.4 Å². The molecule has 144 valence electrons. The number of imide groups is 1. The van der Waals surface area contributed by atoms with E-state index in [0.717, 1.165) is 21.6 Å². The van der Waals surface area contributed by atoms with Crippen LogP contribution in [0.15, 0.2) is 94.4 Å². The molecule has 2 amide bonds. The zero-order chi connectivity index (χ0) is 20.4. The Morgan fingerprint density at radius 1 is 0.862 bits per heavy atom. The maximum absolute atomic E-state index is 14.2. The first-order valence-corrected chi connectivity index (χ1v) is 9.87. The normalized spacial score (nSPS) is 13.9. The summed E-state index contributed by atoms with van der Waals surface area (Å²) in [7, 11) is 0. The van der Waals surface area contributed by atoms with Crippen molar-refractivity contribution in [3.63, 3.8) is 0 Å². The summed E-state index contributed by atoms with van der Waals surface area (Å²) in [6.07, 6.45) is 0. The highest BCUT2D eigenvalue weighted by atomic mass is 35.5. The van der Waals surface area contributed by atoms with Crippen LogP contribution in [0.4, 0.5) is 15.8 Å². The highest BCUT2D eigenvalue weighted by Gasteiger charge is 2.40. The number of benzene rings is 3. The second-order valence-corrected chi connectivity index (χ2v) is 7.67. The van der Waals surface area contributed by atoms with Crippen LogP contribution in [-0.2, 0) is 9.59 Å². The van der Waals surface area contributed by atoms with Gasteiger partial charge in [-0.25, -0.2) is 9.29 Å². The molecular weight excluding hydrogens is 411 g/mol. The van der Waals surface area contributed by atoms with Gasteiger partial charge in [-0.1, -0.05) is 59.8 Å². The number of nitrogens with one attached hydrogen (secondary N) is 1. The molecule has 0 radical (unpaired) electrons. The highest BCUT2D eigenvalue weighted by Crippen LogP contribution is 2.38. The van der Waals surface area contributed by atoms with Gasteiger partial charge in [0.05, 0.1) is 11.4 Å². The number of thioether (sulfide) groups is 1. The Morgan fingerprint density at radius 3 is 2.31 bits per heavy atom. The number of carbonyl (C=O) groups excluding carboxylic acids is 2. The van der Waals surface area contributed by atoms with Gasteiger partial charge in [-0.3, -0.25) is 9.59 Å². The quantitative estimate of drug-likeness (QED) is 0.552. The molecule has 7 heteroatoms. The average molecular weight is 425 g/mol. The third kappa shape index (κ3) is 3.90. The minimum absolute atomic E-state index is 0.0222. The van der Waals surface area contributed by atoms with Crippen LogP contribution in [0.25, 0.3) is 0 Å². The number of para-hydroxylation sites is 1. The average Bonchev–Trinajstić information content (AvgIpc) is 2.94. The lowest BCUT2D eigenvalue weighted by Gasteiger charge is -2.15. The van der Waals surface area contributed by atoms with E-state index in [4.69, 9.17) is 11.6 Å². The smallest absolute Gasteiger partial charge is 0.283 e. The van der Waals surface area contributed by atoms with Gasteiger partial charge in [-0.05, 0) is 42.5 Å². The molecule has 3 aromatic rings. The van der Waals surface area contributed by atoms with E-state index in [1.165, 1.54) is 18.2 Å². The Balaban J connectivity index is 1.77. The fraction of sp³-hybridized carbons (Fsp3) is 0. The second-order valence-electron chi connectivity index (χ2n) is 6.15. The molecule has 4 nitrogen and oxygen atoms in total. The number of carbonyl (C=O) groups is 2. The fourth-order valence-electron chi connectivity index (χ4n) is 2.87. The number of anilines is 2. The summed E-state index contributed by atoms with van der Waals surface area (Å²) in [6.45, 7) is 0. The van der Waals surface area contributed by atoms with Crippen molar-refractivity contribution in [2.75, 3.05) is 10.2 Å². The lowest BCUT2D eigenvalue weighted by Crippen LogP contribution is -2.32. The molecule has 1 N–H and O–H groups in total. The third-order valence-electron chi connectivity index (χ3n) is 4.20. The molecule has 0 saturated carbocycles. The molecule has 0 saturated heterocycles. The lowest BCUT2D eigenvalue weighted by molar-refractivity contribution is -0.120. The molecule has 0 bridgehead atoms. The molecule has 29 heavy (non-hydrogen) atoms. The predicted molar refractivity (Wildman–Crippen MR) is 113 cm³/mol. The van der Waals surface area contributed by atoms with Crippen molar-refractivity contribution in [3.8, 4) is 0 Å². The second kappa shape index (κ2) is 8.11. The van der Waals surface area contributed by atoms with Crippen LogP contribution in [0.2, 0.25) is 5.02 Å². The molecule has 0 atom stereocenters. The third-order valence-corrected chi connectivity index (χ3v) is 5.53.